The number of nitrogens with two attached hydrogens (primary N) is 7. The number of carbonyl (C=O) groups excluding carboxylic acids is 9. The second kappa shape index (κ2) is 41.9. The van der Waals surface area contributed by atoms with Gasteiger partial charge in [0.1, 0.15) is 48.3 Å². The van der Waals surface area contributed by atoms with E-state index in [4.69, 9.17) is 40.1 Å². The number of para-hydroxylation sites is 3. The molecule has 562 valence electrons. The lowest BCUT2D eigenvalue weighted by Gasteiger charge is -2.28. The Morgan fingerprint density at radius 2 is 0.571 bits per heavy atom. The summed E-state index contributed by atoms with van der Waals surface area (Å²) in [7, 11) is 0. The third-order valence-corrected chi connectivity index (χ3v) is 19.0. The molecule has 3 aromatic heterocycles. The van der Waals surface area contributed by atoms with E-state index in [0.29, 0.717) is 113 Å². The average Bonchev–Trinajstić information content (AvgIpc) is 1.74. The SMILES string of the molecule is NCCCC[C@@H](N)C(=O)N[C@H](CCCCN)C(=O)NC(Cc1ccc(-c2ccccc2)cc1)C(=O)N[C@H](Cc1c[nH]c2ccccc12)C(=O)N[C@H](CCCCN)C(=O)N[C@H](CCCCN)C(=O)N[C@H](Cc1c[nH]c2ccccc12)C(=O)N[C@H](Cc1c[nH]c2ccccc12)C(=O)N[C@H](CCCCN)C(N)=O. The molecule has 0 spiro atoms. The van der Waals surface area contributed by atoms with E-state index >= 15 is 24.0 Å². The van der Waals surface area contributed by atoms with Crippen molar-refractivity contribution in [3.05, 3.63) is 168 Å². The van der Waals surface area contributed by atoms with Crippen molar-refractivity contribution >= 4 is 85.9 Å². The van der Waals surface area contributed by atoms with Gasteiger partial charge < -0.3 is 97.6 Å². The molecule has 105 heavy (non-hydrogen) atoms. The van der Waals surface area contributed by atoms with Crippen molar-refractivity contribution in [2.75, 3.05) is 32.7 Å². The number of primary amides is 1. The van der Waals surface area contributed by atoms with Crippen LogP contribution in [0.1, 0.15) is 119 Å². The number of fused-ring (bicyclic) bond motifs is 3. The van der Waals surface area contributed by atoms with Crippen LogP contribution in [0.3, 0.4) is 0 Å². The minimum Gasteiger partial charge on any atom is -0.368 e. The second-order valence-corrected chi connectivity index (χ2v) is 26.9. The van der Waals surface area contributed by atoms with Gasteiger partial charge in [0.2, 0.25) is 53.2 Å². The van der Waals surface area contributed by atoms with Crippen LogP contribution in [0.2, 0.25) is 0 Å². The Hall–Kier alpha value is -10.3. The van der Waals surface area contributed by atoms with Crippen LogP contribution in [-0.2, 0) is 68.8 Å². The molecule has 5 aromatic carbocycles. The Kier molecular flexibility index (Phi) is 32.1. The summed E-state index contributed by atoms with van der Waals surface area (Å²) in [6.07, 6.45) is 10.5. The summed E-state index contributed by atoms with van der Waals surface area (Å²) < 4.78 is 0. The zero-order chi connectivity index (χ0) is 75.0. The molecule has 27 heteroatoms. The number of hydrogen-bond donors (Lipinski definition) is 18. The first kappa shape index (κ1) is 80.4. The third-order valence-electron chi connectivity index (χ3n) is 19.0. The standard InChI is InChI=1S/C78H106N18O9/c79-37-15-10-25-58(84)71(98)90-63(30-12-17-39-81)73(100)93-66(42-49-33-35-51(36-34-49)50-20-2-1-3-21-50)75(102)95-68(44-53-47-87-60-27-8-5-23-56(53)60)77(104)92-64(31-13-18-40-82)72(99)91-65(32-14-19-41-83)74(101)94-69(45-54-48-88-61-28-9-6-24-57(54)61)78(105)96-67(43-52-46-86-59-26-7-4-22-55(52)59)76(103)89-62(70(85)97)29-11-16-38-80/h1-9,20-24,26-28,33-36,46-48,58,62-69,86-88H,10-19,25,29-32,37-45,79-84H2,(H2,85,97)(H,89,103)(H,90,98)(H,91,99)(H,92,104)(H,93,100)(H,94,101)(H,95,102)(H,96,105)/t58-,62-,63-,64-,65-,66?,67-,68-,69-/m1/s1. The largest absolute Gasteiger partial charge is 0.368 e. The lowest BCUT2D eigenvalue weighted by atomic mass is 9.98. The topological polar surface area (TPSA) is 479 Å². The fourth-order valence-corrected chi connectivity index (χ4v) is 13.0. The first-order valence-corrected chi connectivity index (χ1v) is 36.7. The summed E-state index contributed by atoms with van der Waals surface area (Å²) in [5.41, 5.74) is 48.3. The number of amides is 9. The number of nitrogens with one attached hydrogen (secondary N) is 11. The molecule has 3 heterocycles. The first-order valence-electron chi connectivity index (χ1n) is 36.7. The summed E-state index contributed by atoms with van der Waals surface area (Å²) >= 11 is 0. The van der Waals surface area contributed by atoms with Crippen LogP contribution in [0.4, 0.5) is 0 Å². The molecule has 0 aliphatic heterocycles. The average molecular weight is 1440 g/mol. The Morgan fingerprint density at radius 3 is 0.924 bits per heavy atom. The number of unbranched alkanes of at least 4 members (excludes halogenated alkanes) is 5. The highest BCUT2D eigenvalue weighted by Crippen LogP contribution is 2.25. The number of benzene rings is 5. The summed E-state index contributed by atoms with van der Waals surface area (Å²) in [5.74, 6) is -6.52. The van der Waals surface area contributed by atoms with Gasteiger partial charge in [-0.1, -0.05) is 116 Å². The number of aromatic amines is 3. The van der Waals surface area contributed by atoms with E-state index in [2.05, 4.69) is 57.5 Å². The van der Waals surface area contributed by atoms with Crippen molar-refractivity contribution in [3.63, 3.8) is 0 Å². The van der Waals surface area contributed by atoms with Crippen LogP contribution in [0.5, 0.6) is 0 Å². The number of rotatable bonds is 46. The fourth-order valence-electron chi connectivity index (χ4n) is 13.0. The molecule has 0 fully saturated rings. The van der Waals surface area contributed by atoms with E-state index in [1.54, 1.807) is 18.6 Å². The van der Waals surface area contributed by atoms with Crippen molar-refractivity contribution in [1.82, 2.24) is 57.5 Å². The normalized spacial score (nSPS) is 14.0. The zero-order valence-corrected chi connectivity index (χ0v) is 59.7. The number of hydrogen-bond acceptors (Lipinski definition) is 15. The van der Waals surface area contributed by atoms with Crippen molar-refractivity contribution in [1.29, 1.82) is 0 Å². The maximum atomic E-state index is 15.4. The first-order chi connectivity index (χ1) is 50.9. The van der Waals surface area contributed by atoms with Gasteiger partial charge in [0.15, 0.2) is 0 Å². The summed E-state index contributed by atoms with van der Waals surface area (Å²) in [6, 6.07) is 28.2. The number of H-pyrrole nitrogens is 3. The Morgan fingerprint density at radius 1 is 0.295 bits per heavy atom. The van der Waals surface area contributed by atoms with Crippen LogP contribution in [0.15, 0.2) is 146 Å². The van der Waals surface area contributed by atoms with Crippen LogP contribution in [-0.4, -0.2) is 155 Å². The van der Waals surface area contributed by atoms with Gasteiger partial charge in [0, 0.05) is 77.0 Å². The van der Waals surface area contributed by atoms with Crippen molar-refractivity contribution in [2.45, 2.75) is 176 Å². The Labute approximate surface area is 612 Å². The number of aromatic nitrogens is 3. The highest BCUT2D eigenvalue weighted by Gasteiger charge is 2.36. The third kappa shape index (κ3) is 24.1. The highest BCUT2D eigenvalue weighted by molar-refractivity contribution is 5.99. The maximum Gasteiger partial charge on any atom is 0.243 e. The van der Waals surface area contributed by atoms with E-state index < -0.39 is 108 Å². The Balaban J connectivity index is 1.10. The smallest absolute Gasteiger partial charge is 0.243 e. The van der Waals surface area contributed by atoms with Gasteiger partial charge in [-0.05, 0) is 174 Å². The van der Waals surface area contributed by atoms with E-state index in [1.807, 2.05) is 127 Å². The van der Waals surface area contributed by atoms with E-state index in [0.717, 1.165) is 43.8 Å². The van der Waals surface area contributed by atoms with Gasteiger partial charge in [-0.2, -0.15) is 0 Å². The molecular formula is C78H106N18O9. The van der Waals surface area contributed by atoms with Crippen molar-refractivity contribution < 1.29 is 43.2 Å². The van der Waals surface area contributed by atoms with Crippen LogP contribution in [0.25, 0.3) is 43.8 Å². The maximum absolute atomic E-state index is 15.4. The monoisotopic (exact) mass is 1440 g/mol. The van der Waals surface area contributed by atoms with Crippen LogP contribution in [0, 0.1) is 0 Å². The van der Waals surface area contributed by atoms with Crippen LogP contribution < -0.4 is 82.7 Å². The lowest BCUT2D eigenvalue weighted by Crippen LogP contribution is -2.61. The zero-order valence-electron chi connectivity index (χ0n) is 59.7. The van der Waals surface area contributed by atoms with Crippen molar-refractivity contribution in [2.24, 2.45) is 40.1 Å². The molecule has 0 aliphatic rings. The quantitative estimate of drug-likeness (QED) is 0.0243. The predicted octanol–water partition coefficient (Wildman–Crippen LogP) is 3.40. The minimum absolute atomic E-state index is 0.0281. The molecule has 0 bridgehead atoms. The highest BCUT2D eigenvalue weighted by atomic mass is 16.2. The molecule has 27 nitrogen and oxygen atoms in total. The molecule has 0 aliphatic carbocycles. The molecule has 8 aromatic rings. The van der Waals surface area contributed by atoms with E-state index in [-0.39, 0.29) is 64.5 Å². The minimum atomic E-state index is -1.42. The molecule has 0 saturated heterocycles. The molecule has 0 saturated carbocycles. The molecule has 0 radical (unpaired) electrons. The van der Waals surface area contributed by atoms with Gasteiger partial charge in [-0.25, -0.2) is 0 Å². The van der Waals surface area contributed by atoms with Crippen LogP contribution >= 0.6 is 0 Å². The van der Waals surface area contributed by atoms with Gasteiger partial charge in [0.25, 0.3) is 0 Å². The predicted molar refractivity (Wildman–Crippen MR) is 409 cm³/mol. The summed E-state index contributed by atoms with van der Waals surface area (Å²) in [5, 5.41) is 25.4. The lowest BCUT2D eigenvalue weighted by molar-refractivity contribution is -0.136. The van der Waals surface area contributed by atoms with Gasteiger partial charge >= 0.3 is 0 Å². The molecular weight excluding hydrogens is 1330 g/mol. The Bertz CT molecular complexity index is 4120. The van der Waals surface area contributed by atoms with E-state index in [1.165, 1.54) is 0 Å². The number of carbonyl (C=O) groups is 9. The molecule has 9 amide bonds. The molecule has 8 rings (SSSR count). The van der Waals surface area contributed by atoms with Gasteiger partial charge in [-0.15, -0.1) is 0 Å². The summed E-state index contributed by atoms with van der Waals surface area (Å²) in [6.45, 7) is 1.61. The second-order valence-electron chi connectivity index (χ2n) is 26.9. The molecule has 1 unspecified atom stereocenters. The van der Waals surface area contributed by atoms with E-state index in [9.17, 15) is 19.2 Å². The molecule has 9 atom stereocenters. The molecule has 25 N–H and O–H groups in total. The van der Waals surface area contributed by atoms with Gasteiger partial charge in [0.05, 0.1) is 6.04 Å². The van der Waals surface area contributed by atoms with Gasteiger partial charge in [-0.3, -0.25) is 43.2 Å². The van der Waals surface area contributed by atoms with Crippen molar-refractivity contribution in [3.8, 4) is 11.1 Å². The fraction of sp³-hybridized carbons (Fsp3) is 0.423. The summed E-state index contributed by atoms with van der Waals surface area (Å²) in [4.78, 5) is 142.